The predicted octanol–water partition coefficient (Wildman–Crippen LogP) is 4.97. The van der Waals surface area contributed by atoms with Crippen LogP contribution in [0.5, 0.6) is 0 Å². The average Bonchev–Trinajstić information content (AvgIpc) is 2.51. The fraction of sp³-hybridized carbons (Fsp3) is 0.895. The molecule has 0 unspecified atom stereocenters. The Morgan fingerprint density at radius 3 is 1.12 bits per heavy atom. The predicted molar refractivity (Wildman–Crippen MR) is 99.3 cm³/mol. The van der Waals surface area contributed by atoms with E-state index in [1.807, 2.05) is 0 Å². The van der Waals surface area contributed by atoms with E-state index in [1.54, 1.807) is 0 Å². The summed E-state index contributed by atoms with van der Waals surface area (Å²) in [6.45, 7) is 3.16. The molecule has 144 valence electrons. The molecule has 5 nitrogen and oxygen atoms in total. The van der Waals surface area contributed by atoms with Gasteiger partial charge in [-0.25, -0.2) is 0 Å². The lowest BCUT2D eigenvalue weighted by atomic mass is 10.0. The maximum Gasteiger partial charge on any atom is 0.314 e. The summed E-state index contributed by atoms with van der Waals surface area (Å²) in [5, 5.41) is 15.4. The lowest BCUT2D eigenvalue weighted by molar-refractivity contribution is -0.147. The van der Waals surface area contributed by atoms with Gasteiger partial charge in [0.2, 0.25) is 0 Å². The number of carboxylic acids is 2. The Labute approximate surface area is 148 Å². The van der Waals surface area contributed by atoms with Gasteiger partial charge in [-0.2, -0.15) is 0 Å². The van der Waals surface area contributed by atoms with E-state index in [-0.39, 0.29) is 0 Å². The topological polar surface area (TPSA) is 101 Å². The summed E-state index contributed by atoms with van der Waals surface area (Å²) in [5.74, 6) is -2.62. The van der Waals surface area contributed by atoms with Crippen LogP contribution in [0.15, 0.2) is 0 Å². The molecule has 24 heavy (non-hydrogen) atoms. The zero-order valence-electron chi connectivity index (χ0n) is 15.6. The highest BCUT2D eigenvalue weighted by atomic mass is 16.4. The van der Waals surface area contributed by atoms with Crippen LogP contribution in [0, 0.1) is 0 Å². The van der Waals surface area contributed by atoms with Crippen molar-refractivity contribution in [2.24, 2.45) is 5.73 Å². The van der Waals surface area contributed by atoms with Gasteiger partial charge in [-0.1, -0.05) is 90.4 Å². The smallest absolute Gasteiger partial charge is 0.314 e. The van der Waals surface area contributed by atoms with Crippen LogP contribution in [0.3, 0.4) is 0 Å². The number of carbonyl (C=O) groups is 2. The highest BCUT2D eigenvalue weighted by Gasteiger charge is 2.01. The van der Waals surface area contributed by atoms with E-state index in [0.717, 1.165) is 6.54 Å². The summed E-state index contributed by atoms with van der Waals surface area (Å²) in [7, 11) is 0. The largest absolute Gasteiger partial charge is 0.481 e. The molecule has 0 aliphatic heterocycles. The Hall–Kier alpha value is -1.10. The Morgan fingerprint density at radius 2 is 0.917 bits per heavy atom. The van der Waals surface area contributed by atoms with Crippen LogP contribution in [0.1, 0.15) is 103 Å². The maximum absolute atomic E-state index is 9.43. The first kappa shape index (κ1) is 25.1. The van der Waals surface area contributed by atoms with Gasteiger partial charge in [0, 0.05) is 0 Å². The Balaban J connectivity index is 0. The minimum Gasteiger partial charge on any atom is -0.481 e. The second-order valence-corrected chi connectivity index (χ2v) is 6.35. The van der Waals surface area contributed by atoms with Gasteiger partial charge in [0.1, 0.15) is 6.42 Å². The molecular weight excluding hydrogens is 306 g/mol. The standard InChI is InChI=1S/C16H35N.C3H4O4/c1-2-3-4-5-6-7-8-9-10-11-12-13-14-15-16-17;4-2(5)1-3(6)7/h2-17H2,1H3;1H2,(H,4,5)(H,6,7). The molecule has 4 N–H and O–H groups in total. The fourth-order valence-electron chi connectivity index (χ4n) is 2.47. The summed E-state index contributed by atoms with van der Waals surface area (Å²) < 4.78 is 0. The number of carboxylic acid groups (broad SMARTS) is 2. The first-order chi connectivity index (χ1) is 11.5. The summed E-state index contributed by atoms with van der Waals surface area (Å²) in [5.41, 5.74) is 5.47. The minimum atomic E-state index is -1.31. The summed E-state index contributed by atoms with van der Waals surface area (Å²) in [4.78, 5) is 18.9. The molecule has 0 fully saturated rings. The average molecular weight is 346 g/mol. The zero-order valence-corrected chi connectivity index (χ0v) is 15.6. The third kappa shape index (κ3) is 29.0. The third-order valence-electron chi connectivity index (χ3n) is 3.86. The van der Waals surface area contributed by atoms with Crippen molar-refractivity contribution in [3.8, 4) is 0 Å². The Bertz CT molecular complexity index is 257. The molecule has 0 aromatic rings. The Morgan fingerprint density at radius 1 is 0.625 bits per heavy atom. The molecule has 0 aromatic heterocycles. The second kappa shape index (κ2) is 21.9. The molecule has 0 saturated heterocycles. The van der Waals surface area contributed by atoms with E-state index < -0.39 is 18.4 Å². The monoisotopic (exact) mass is 345 g/mol. The van der Waals surface area contributed by atoms with E-state index in [0.29, 0.717) is 0 Å². The molecule has 0 atom stereocenters. The van der Waals surface area contributed by atoms with Crippen LogP contribution in [0.25, 0.3) is 0 Å². The number of hydrogen-bond donors (Lipinski definition) is 3. The fourth-order valence-corrected chi connectivity index (χ4v) is 2.47. The number of hydrogen-bond acceptors (Lipinski definition) is 3. The van der Waals surface area contributed by atoms with E-state index in [2.05, 4.69) is 6.92 Å². The molecule has 5 heteroatoms. The molecule has 0 spiro atoms. The van der Waals surface area contributed by atoms with Gasteiger partial charge >= 0.3 is 11.9 Å². The maximum atomic E-state index is 9.43. The summed E-state index contributed by atoms with van der Waals surface area (Å²) >= 11 is 0. The zero-order chi connectivity index (χ0) is 18.5. The van der Waals surface area contributed by atoms with Gasteiger partial charge in [0.25, 0.3) is 0 Å². The third-order valence-corrected chi connectivity index (χ3v) is 3.86. The number of aliphatic carboxylic acids is 2. The van der Waals surface area contributed by atoms with Gasteiger partial charge in [-0.05, 0) is 13.0 Å². The number of unbranched alkanes of at least 4 members (excludes halogenated alkanes) is 13. The normalized spacial score (nSPS) is 10.1. The van der Waals surface area contributed by atoms with E-state index in [4.69, 9.17) is 15.9 Å². The van der Waals surface area contributed by atoms with Crippen molar-refractivity contribution in [2.45, 2.75) is 103 Å². The summed E-state index contributed by atoms with van der Waals surface area (Å²) in [6.07, 6.45) is 19.1. The minimum absolute atomic E-state index is 0.806. The molecule has 0 rings (SSSR count). The van der Waals surface area contributed by atoms with Crippen LogP contribution >= 0.6 is 0 Å². The molecule has 0 aromatic carbocycles. The van der Waals surface area contributed by atoms with Gasteiger partial charge in [0.05, 0.1) is 0 Å². The van der Waals surface area contributed by atoms with Crippen LogP contribution in [-0.4, -0.2) is 28.7 Å². The van der Waals surface area contributed by atoms with Gasteiger partial charge in [-0.3, -0.25) is 9.59 Å². The quantitative estimate of drug-likeness (QED) is 0.271. The first-order valence-electron chi connectivity index (χ1n) is 9.68. The number of rotatable bonds is 16. The summed E-state index contributed by atoms with van der Waals surface area (Å²) in [6, 6.07) is 0. The molecule has 0 heterocycles. The second-order valence-electron chi connectivity index (χ2n) is 6.35. The first-order valence-corrected chi connectivity index (χ1v) is 9.68. The Kier molecular flexibility index (Phi) is 22.9. The molecule has 0 aliphatic carbocycles. The number of nitrogens with two attached hydrogens (primary N) is 1. The van der Waals surface area contributed by atoms with Crippen LogP contribution in [0.2, 0.25) is 0 Å². The van der Waals surface area contributed by atoms with Gasteiger partial charge < -0.3 is 15.9 Å². The van der Waals surface area contributed by atoms with Gasteiger partial charge in [0.15, 0.2) is 0 Å². The molecule has 0 radical (unpaired) electrons. The van der Waals surface area contributed by atoms with E-state index in [1.165, 1.54) is 89.9 Å². The van der Waals surface area contributed by atoms with Crippen molar-refractivity contribution in [1.29, 1.82) is 0 Å². The molecule has 0 bridgehead atoms. The van der Waals surface area contributed by atoms with Crippen molar-refractivity contribution >= 4 is 11.9 Å². The highest BCUT2D eigenvalue weighted by Crippen LogP contribution is 2.12. The van der Waals surface area contributed by atoms with E-state index in [9.17, 15) is 9.59 Å². The SMILES string of the molecule is CCCCCCCCCCCCCCCCN.O=C(O)CC(=O)O. The van der Waals surface area contributed by atoms with Crippen molar-refractivity contribution in [2.75, 3.05) is 6.54 Å². The van der Waals surface area contributed by atoms with Crippen LogP contribution in [0.4, 0.5) is 0 Å². The highest BCUT2D eigenvalue weighted by molar-refractivity contribution is 5.88. The van der Waals surface area contributed by atoms with E-state index >= 15 is 0 Å². The van der Waals surface area contributed by atoms with Crippen LogP contribution in [-0.2, 0) is 9.59 Å². The van der Waals surface area contributed by atoms with Gasteiger partial charge in [-0.15, -0.1) is 0 Å². The van der Waals surface area contributed by atoms with Crippen LogP contribution < -0.4 is 5.73 Å². The van der Waals surface area contributed by atoms with Crippen molar-refractivity contribution in [3.63, 3.8) is 0 Å². The molecule has 0 amide bonds. The van der Waals surface area contributed by atoms with Crippen molar-refractivity contribution < 1.29 is 19.8 Å². The lowest BCUT2D eigenvalue weighted by Crippen LogP contribution is -2.03. The van der Waals surface area contributed by atoms with Crippen molar-refractivity contribution in [3.05, 3.63) is 0 Å². The molecular formula is C19H39NO4. The molecule has 0 saturated carbocycles. The lowest BCUT2D eigenvalue weighted by Gasteiger charge is -2.02. The van der Waals surface area contributed by atoms with Crippen molar-refractivity contribution in [1.82, 2.24) is 0 Å². The molecule has 0 aliphatic rings.